The van der Waals surface area contributed by atoms with Gasteiger partial charge in [-0.3, -0.25) is 0 Å². The molecule has 4 nitrogen and oxygen atoms in total. The van der Waals surface area contributed by atoms with Gasteiger partial charge in [-0.1, -0.05) is 26.2 Å². The lowest BCUT2D eigenvalue weighted by atomic mass is 10.2. The summed E-state index contributed by atoms with van der Waals surface area (Å²) in [5, 5.41) is 16.2. The zero-order valence-electron chi connectivity index (χ0n) is 12.7. The number of ether oxygens (including phenoxy) is 1. The smallest absolute Gasteiger partial charge is 0.0897 e. The minimum Gasteiger partial charge on any atom is -0.389 e. The van der Waals surface area contributed by atoms with Crippen LogP contribution in [0.5, 0.6) is 0 Å². The first-order valence-corrected chi connectivity index (χ1v) is 8.48. The second-order valence-electron chi connectivity index (χ2n) is 5.10. The molecule has 1 rings (SSSR count). The van der Waals surface area contributed by atoms with Crippen molar-refractivity contribution in [1.29, 1.82) is 0 Å². The fraction of sp³-hybridized carbons (Fsp3) is 0.800. The minimum atomic E-state index is -0.418. The number of nitrogens with one attached hydrogen (secondary N) is 1. The molecule has 0 aromatic carbocycles. The van der Waals surface area contributed by atoms with Gasteiger partial charge in [-0.15, -0.1) is 11.3 Å². The number of hydrogen-bond donors (Lipinski definition) is 2. The van der Waals surface area contributed by atoms with E-state index in [1.807, 2.05) is 6.92 Å². The normalized spacial score (nSPS) is 12.8. The quantitative estimate of drug-likeness (QED) is 0.583. The molecule has 0 bridgehead atoms. The summed E-state index contributed by atoms with van der Waals surface area (Å²) in [7, 11) is 0. The molecule has 116 valence electrons. The van der Waals surface area contributed by atoms with Crippen LogP contribution < -0.4 is 5.32 Å². The van der Waals surface area contributed by atoms with E-state index in [4.69, 9.17) is 4.74 Å². The van der Waals surface area contributed by atoms with Crippen molar-refractivity contribution in [2.75, 3.05) is 26.3 Å². The highest BCUT2D eigenvalue weighted by Gasteiger charge is 2.04. The van der Waals surface area contributed by atoms with Gasteiger partial charge in [-0.2, -0.15) is 0 Å². The van der Waals surface area contributed by atoms with E-state index in [0.717, 1.165) is 36.7 Å². The summed E-state index contributed by atoms with van der Waals surface area (Å²) in [6.45, 7) is 6.82. The van der Waals surface area contributed by atoms with Gasteiger partial charge >= 0.3 is 0 Å². The maximum absolute atomic E-state index is 9.75. The van der Waals surface area contributed by atoms with Crippen molar-refractivity contribution >= 4 is 11.3 Å². The van der Waals surface area contributed by atoms with E-state index in [0.29, 0.717) is 13.2 Å². The first-order valence-electron chi connectivity index (χ1n) is 7.60. The van der Waals surface area contributed by atoms with Crippen LogP contribution in [-0.4, -0.2) is 42.5 Å². The third kappa shape index (κ3) is 8.64. The largest absolute Gasteiger partial charge is 0.389 e. The maximum Gasteiger partial charge on any atom is 0.0897 e. The number of aliphatic hydroxyl groups is 1. The molecule has 0 saturated heterocycles. The molecule has 1 aromatic rings. The molecule has 1 atom stereocenters. The van der Waals surface area contributed by atoms with Gasteiger partial charge in [0.25, 0.3) is 0 Å². The summed E-state index contributed by atoms with van der Waals surface area (Å²) in [5.74, 6) is 0. The maximum atomic E-state index is 9.75. The van der Waals surface area contributed by atoms with E-state index in [2.05, 4.69) is 22.6 Å². The van der Waals surface area contributed by atoms with Crippen molar-refractivity contribution in [1.82, 2.24) is 10.3 Å². The van der Waals surface area contributed by atoms with Gasteiger partial charge < -0.3 is 15.2 Å². The number of thiazole rings is 1. The van der Waals surface area contributed by atoms with Crippen molar-refractivity contribution in [3.63, 3.8) is 0 Å². The van der Waals surface area contributed by atoms with Gasteiger partial charge in [0.1, 0.15) is 0 Å². The predicted molar refractivity (Wildman–Crippen MR) is 84.4 cm³/mol. The summed E-state index contributed by atoms with van der Waals surface area (Å²) in [6.07, 6.45) is 5.32. The molecule has 1 aromatic heterocycles. The third-order valence-corrected chi connectivity index (χ3v) is 3.88. The Hall–Kier alpha value is -0.490. The van der Waals surface area contributed by atoms with Crippen LogP contribution in [0.25, 0.3) is 0 Å². The second kappa shape index (κ2) is 11.2. The van der Waals surface area contributed by atoms with Crippen molar-refractivity contribution < 1.29 is 9.84 Å². The average Bonchev–Trinajstić information content (AvgIpc) is 2.84. The molecular weight excluding hydrogens is 272 g/mol. The summed E-state index contributed by atoms with van der Waals surface area (Å²) >= 11 is 1.68. The van der Waals surface area contributed by atoms with Crippen LogP contribution in [0.15, 0.2) is 5.38 Å². The van der Waals surface area contributed by atoms with Crippen LogP contribution in [0.1, 0.15) is 43.3 Å². The predicted octanol–water partition coefficient (Wildman–Crippen LogP) is 2.54. The van der Waals surface area contributed by atoms with E-state index in [1.54, 1.807) is 11.3 Å². The van der Waals surface area contributed by atoms with Gasteiger partial charge in [0.15, 0.2) is 0 Å². The standard InChI is InChI=1S/C15H28N2O2S/c1-3-4-5-6-9-19-11-15(18)10-16-8-7-14-12-20-13(2)17-14/h12,15-16,18H,3-11H2,1-2H3. The Morgan fingerprint density at radius 2 is 2.25 bits per heavy atom. The highest BCUT2D eigenvalue weighted by Crippen LogP contribution is 2.07. The van der Waals surface area contributed by atoms with Crippen LogP contribution >= 0.6 is 11.3 Å². The van der Waals surface area contributed by atoms with Gasteiger partial charge in [-0.25, -0.2) is 4.98 Å². The summed E-state index contributed by atoms with van der Waals surface area (Å²) in [5.41, 5.74) is 1.13. The number of rotatable bonds is 12. The fourth-order valence-corrected chi connectivity index (χ4v) is 2.56. The van der Waals surface area contributed by atoms with E-state index in [9.17, 15) is 5.11 Å². The van der Waals surface area contributed by atoms with E-state index in [-0.39, 0.29) is 0 Å². The summed E-state index contributed by atoms with van der Waals surface area (Å²) < 4.78 is 5.46. The number of aryl methyl sites for hydroxylation is 1. The van der Waals surface area contributed by atoms with Crippen LogP contribution in [0.3, 0.4) is 0 Å². The Morgan fingerprint density at radius 3 is 2.95 bits per heavy atom. The number of hydrogen-bond acceptors (Lipinski definition) is 5. The van der Waals surface area contributed by atoms with Crippen LogP contribution in [0.2, 0.25) is 0 Å². The van der Waals surface area contributed by atoms with E-state index >= 15 is 0 Å². The second-order valence-corrected chi connectivity index (χ2v) is 6.16. The Kier molecular flexibility index (Phi) is 9.83. The van der Waals surface area contributed by atoms with E-state index < -0.39 is 6.10 Å². The Bertz CT molecular complexity index is 344. The monoisotopic (exact) mass is 300 g/mol. The van der Waals surface area contributed by atoms with Gasteiger partial charge in [0.2, 0.25) is 0 Å². The Labute approximate surface area is 126 Å². The first kappa shape index (κ1) is 17.6. The Morgan fingerprint density at radius 1 is 1.40 bits per heavy atom. The molecule has 0 radical (unpaired) electrons. The zero-order valence-corrected chi connectivity index (χ0v) is 13.5. The molecular formula is C15H28N2O2S. The molecule has 20 heavy (non-hydrogen) atoms. The number of nitrogens with zero attached hydrogens (tertiary/aromatic N) is 1. The SMILES string of the molecule is CCCCCCOCC(O)CNCCc1csc(C)n1. The molecule has 0 aliphatic rings. The molecule has 0 saturated carbocycles. The van der Waals surface area contributed by atoms with Crippen LogP contribution in [0.4, 0.5) is 0 Å². The minimum absolute atomic E-state index is 0.418. The number of aliphatic hydroxyl groups excluding tert-OH is 1. The lowest BCUT2D eigenvalue weighted by Gasteiger charge is -2.12. The van der Waals surface area contributed by atoms with Crippen molar-refractivity contribution in [3.8, 4) is 0 Å². The van der Waals surface area contributed by atoms with Crippen molar-refractivity contribution in [2.45, 2.75) is 52.1 Å². The molecule has 0 amide bonds. The molecule has 0 aliphatic carbocycles. The Balaban J connectivity index is 1.91. The molecule has 0 spiro atoms. The fourth-order valence-electron chi connectivity index (χ4n) is 1.92. The van der Waals surface area contributed by atoms with Gasteiger partial charge in [0.05, 0.1) is 23.4 Å². The number of aromatic nitrogens is 1. The molecule has 0 fully saturated rings. The zero-order chi connectivity index (χ0) is 14.6. The number of unbranched alkanes of at least 4 members (excludes halogenated alkanes) is 3. The van der Waals surface area contributed by atoms with Crippen LogP contribution in [0, 0.1) is 6.92 Å². The lowest BCUT2D eigenvalue weighted by molar-refractivity contribution is 0.0356. The highest BCUT2D eigenvalue weighted by atomic mass is 32.1. The summed E-state index contributed by atoms with van der Waals surface area (Å²) in [4.78, 5) is 4.40. The van der Waals surface area contributed by atoms with Crippen molar-refractivity contribution in [2.24, 2.45) is 0 Å². The molecule has 1 unspecified atom stereocenters. The topological polar surface area (TPSA) is 54.4 Å². The van der Waals surface area contributed by atoms with Crippen LogP contribution in [-0.2, 0) is 11.2 Å². The molecule has 1 heterocycles. The van der Waals surface area contributed by atoms with Gasteiger partial charge in [-0.05, 0) is 13.3 Å². The third-order valence-electron chi connectivity index (χ3n) is 3.06. The highest BCUT2D eigenvalue weighted by molar-refractivity contribution is 7.09. The first-order chi connectivity index (χ1) is 9.72. The molecule has 5 heteroatoms. The lowest BCUT2D eigenvalue weighted by Crippen LogP contribution is -2.31. The summed E-state index contributed by atoms with van der Waals surface area (Å²) in [6, 6.07) is 0. The average molecular weight is 300 g/mol. The molecule has 2 N–H and O–H groups in total. The molecule has 0 aliphatic heterocycles. The van der Waals surface area contributed by atoms with Crippen molar-refractivity contribution in [3.05, 3.63) is 16.1 Å². The van der Waals surface area contributed by atoms with E-state index in [1.165, 1.54) is 19.3 Å². The van der Waals surface area contributed by atoms with Gasteiger partial charge in [0, 0.05) is 31.5 Å².